The largest absolute Gasteiger partial charge is 0.287 e. The lowest BCUT2D eigenvalue weighted by Crippen LogP contribution is -1.92. The van der Waals surface area contributed by atoms with Crippen molar-refractivity contribution in [3.63, 3.8) is 0 Å². The molecule has 16 heavy (non-hydrogen) atoms. The second-order valence-corrected chi connectivity index (χ2v) is 5.15. The van der Waals surface area contributed by atoms with Gasteiger partial charge in [-0.2, -0.15) is 0 Å². The number of hydrogen-bond donors (Lipinski definition) is 0. The van der Waals surface area contributed by atoms with E-state index in [2.05, 4.69) is 6.92 Å². The summed E-state index contributed by atoms with van der Waals surface area (Å²) in [6.07, 6.45) is 5.38. The van der Waals surface area contributed by atoms with Crippen LogP contribution in [0.25, 0.3) is 0 Å². The number of thioether (sulfide) groups is 1. The van der Waals surface area contributed by atoms with Crippen LogP contribution in [0.5, 0.6) is 0 Å². The molecule has 0 bridgehead atoms. The second kappa shape index (κ2) is 7.50. The van der Waals surface area contributed by atoms with E-state index in [0.717, 1.165) is 11.3 Å². The average Bonchev–Trinajstić information content (AvgIpc) is 2.28. The molecule has 0 aliphatic rings. The standard InChI is InChI=1S/C14H20OS/c1-3-4-5-6-11-14(15)16-13-10-8-7-9-12(13)2/h7-10H,3-6,11H2,1-2H3. The highest BCUT2D eigenvalue weighted by Gasteiger charge is 2.06. The SMILES string of the molecule is CCCCCCC(=O)Sc1ccccc1C. The van der Waals surface area contributed by atoms with Crippen LogP contribution >= 0.6 is 11.8 Å². The highest BCUT2D eigenvalue weighted by molar-refractivity contribution is 8.13. The van der Waals surface area contributed by atoms with Crippen LogP contribution in [0.15, 0.2) is 29.2 Å². The molecule has 88 valence electrons. The van der Waals surface area contributed by atoms with E-state index in [9.17, 15) is 4.79 Å². The Hall–Kier alpha value is -0.760. The molecular weight excluding hydrogens is 216 g/mol. The molecule has 1 rings (SSSR count). The van der Waals surface area contributed by atoms with E-state index in [1.165, 1.54) is 36.6 Å². The van der Waals surface area contributed by atoms with Gasteiger partial charge in [-0.05, 0) is 25.0 Å². The maximum absolute atomic E-state index is 11.7. The van der Waals surface area contributed by atoms with Crippen LogP contribution in [-0.2, 0) is 4.79 Å². The number of unbranched alkanes of at least 4 members (excludes halogenated alkanes) is 3. The molecule has 0 amide bonds. The van der Waals surface area contributed by atoms with Crippen LogP contribution in [-0.4, -0.2) is 5.12 Å². The smallest absolute Gasteiger partial charge is 0.193 e. The second-order valence-electron chi connectivity index (χ2n) is 4.05. The first kappa shape index (κ1) is 13.3. The van der Waals surface area contributed by atoms with Crippen LogP contribution in [0.4, 0.5) is 0 Å². The van der Waals surface area contributed by atoms with Gasteiger partial charge in [0.05, 0.1) is 0 Å². The topological polar surface area (TPSA) is 17.1 Å². The van der Waals surface area contributed by atoms with Crippen molar-refractivity contribution >= 4 is 16.9 Å². The van der Waals surface area contributed by atoms with E-state index in [4.69, 9.17) is 0 Å². The number of carbonyl (C=O) groups is 1. The first-order chi connectivity index (χ1) is 7.74. The minimum Gasteiger partial charge on any atom is -0.287 e. The molecule has 0 aliphatic carbocycles. The van der Waals surface area contributed by atoms with E-state index in [-0.39, 0.29) is 0 Å². The van der Waals surface area contributed by atoms with Crippen molar-refractivity contribution in [3.05, 3.63) is 29.8 Å². The predicted octanol–water partition coefficient (Wildman–Crippen LogP) is 4.58. The zero-order valence-electron chi connectivity index (χ0n) is 10.2. The van der Waals surface area contributed by atoms with Crippen LogP contribution in [0.2, 0.25) is 0 Å². The summed E-state index contributed by atoms with van der Waals surface area (Å²) in [6.45, 7) is 4.23. The fraction of sp³-hybridized carbons (Fsp3) is 0.500. The van der Waals surface area contributed by atoms with Gasteiger partial charge in [0.25, 0.3) is 0 Å². The fourth-order valence-corrected chi connectivity index (χ4v) is 2.41. The molecule has 0 heterocycles. The molecule has 1 aromatic rings. The van der Waals surface area contributed by atoms with Gasteiger partial charge in [0.15, 0.2) is 5.12 Å². The lowest BCUT2D eigenvalue weighted by Gasteiger charge is -2.03. The Morgan fingerprint density at radius 2 is 1.94 bits per heavy atom. The van der Waals surface area contributed by atoms with Crippen LogP contribution in [0, 0.1) is 6.92 Å². The molecule has 0 spiro atoms. The quantitative estimate of drug-likeness (QED) is 0.531. The van der Waals surface area contributed by atoms with Gasteiger partial charge in [-0.1, -0.05) is 56.1 Å². The normalized spacial score (nSPS) is 10.4. The third-order valence-electron chi connectivity index (χ3n) is 2.55. The van der Waals surface area contributed by atoms with Gasteiger partial charge in [0.1, 0.15) is 0 Å². The molecule has 0 atom stereocenters. The molecule has 2 heteroatoms. The van der Waals surface area contributed by atoms with Crippen LogP contribution in [0.3, 0.4) is 0 Å². The average molecular weight is 236 g/mol. The Morgan fingerprint density at radius 1 is 1.19 bits per heavy atom. The van der Waals surface area contributed by atoms with Crippen molar-refractivity contribution < 1.29 is 4.79 Å². The number of hydrogen-bond acceptors (Lipinski definition) is 2. The van der Waals surface area contributed by atoms with Crippen molar-refractivity contribution in [1.29, 1.82) is 0 Å². The molecule has 0 saturated carbocycles. The van der Waals surface area contributed by atoms with Crippen molar-refractivity contribution in [2.45, 2.75) is 50.8 Å². The van der Waals surface area contributed by atoms with E-state index in [1.54, 1.807) is 0 Å². The lowest BCUT2D eigenvalue weighted by atomic mass is 10.2. The van der Waals surface area contributed by atoms with E-state index >= 15 is 0 Å². The summed E-state index contributed by atoms with van der Waals surface area (Å²) in [7, 11) is 0. The molecule has 1 aromatic carbocycles. The van der Waals surface area contributed by atoms with Crippen LogP contribution < -0.4 is 0 Å². The first-order valence-corrected chi connectivity index (χ1v) is 6.82. The van der Waals surface area contributed by atoms with Crippen molar-refractivity contribution in [3.8, 4) is 0 Å². The Kier molecular flexibility index (Phi) is 6.24. The maximum atomic E-state index is 11.7. The van der Waals surface area contributed by atoms with Crippen molar-refractivity contribution in [2.24, 2.45) is 0 Å². The van der Waals surface area contributed by atoms with Gasteiger partial charge in [-0.3, -0.25) is 4.79 Å². The number of carbonyl (C=O) groups excluding carboxylic acids is 1. The van der Waals surface area contributed by atoms with Gasteiger partial charge in [0.2, 0.25) is 0 Å². The van der Waals surface area contributed by atoms with E-state index in [1.807, 2.05) is 31.2 Å². The van der Waals surface area contributed by atoms with E-state index < -0.39 is 0 Å². The highest BCUT2D eigenvalue weighted by Crippen LogP contribution is 2.24. The predicted molar refractivity (Wildman–Crippen MR) is 70.8 cm³/mol. The zero-order chi connectivity index (χ0) is 11.8. The van der Waals surface area contributed by atoms with Crippen molar-refractivity contribution in [2.75, 3.05) is 0 Å². The summed E-state index contributed by atoms with van der Waals surface area (Å²) in [6, 6.07) is 8.06. The van der Waals surface area contributed by atoms with Gasteiger partial charge < -0.3 is 0 Å². The zero-order valence-corrected chi connectivity index (χ0v) is 11.0. The highest BCUT2D eigenvalue weighted by atomic mass is 32.2. The molecular formula is C14H20OS. The van der Waals surface area contributed by atoms with Gasteiger partial charge in [0, 0.05) is 11.3 Å². The third-order valence-corrected chi connectivity index (χ3v) is 3.66. The Balaban J connectivity index is 2.32. The van der Waals surface area contributed by atoms with Gasteiger partial charge in [-0.25, -0.2) is 0 Å². The van der Waals surface area contributed by atoms with Gasteiger partial charge in [-0.15, -0.1) is 0 Å². The number of benzene rings is 1. The first-order valence-electron chi connectivity index (χ1n) is 6.00. The fourth-order valence-electron chi connectivity index (χ4n) is 1.54. The summed E-state index contributed by atoms with van der Waals surface area (Å²) >= 11 is 1.39. The molecule has 0 saturated heterocycles. The minimum absolute atomic E-state index is 0.297. The Morgan fingerprint density at radius 3 is 2.62 bits per heavy atom. The summed E-state index contributed by atoms with van der Waals surface area (Å²) in [5.74, 6) is 0. The number of aryl methyl sites for hydroxylation is 1. The summed E-state index contributed by atoms with van der Waals surface area (Å²) in [5, 5.41) is 0.297. The molecule has 0 radical (unpaired) electrons. The Labute approximate surface area is 103 Å². The molecule has 0 aliphatic heterocycles. The Bertz CT molecular complexity index is 333. The summed E-state index contributed by atoms with van der Waals surface area (Å²) < 4.78 is 0. The molecule has 0 unspecified atom stereocenters. The number of rotatable bonds is 6. The lowest BCUT2D eigenvalue weighted by molar-refractivity contribution is -0.111. The summed E-state index contributed by atoms with van der Waals surface area (Å²) in [4.78, 5) is 12.8. The molecule has 0 N–H and O–H groups in total. The van der Waals surface area contributed by atoms with Crippen LogP contribution in [0.1, 0.15) is 44.6 Å². The maximum Gasteiger partial charge on any atom is 0.193 e. The monoisotopic (exact) mass is 236 g/mol. The molecule has 0 fully saturated rings. The van der Waals surface area contributed by atoms with Gasteiger partial charge >= 0.3 is 0 Å². The molecule has 0 aromatic heterocycles. The van der Waals surface area contributed by atoms with E-state index in [0.29, 0.717) is 11.5 Å². The molecule has 1 nitrogen and oxygen atoms in total. The minimum atomic E-state index is 0.297. The summed E-state index contributed by atoms with van der Waals surface area (Å²) in [5.41, 5.74) is 1.19. The van der Waals surface area contributed by atoms with Crippen molar-refractivity contribution in [1.82, 2.24) is 0 Å². The third kappa shape index (κ3) is 4.84.